The van der Waals surface area contributed by atoms with Crippen molar-refractivity contribution >= 4 is 5.97 Å². The fourth-order valence-corrected chi connectivity index (χ4v) is 1.44. The minimum atomic E-state index is -1.60. The molecule has 0 saturated carbocycles. The summed E-state index contributed by atoms with van der Waals surface area (Å²) in [6.45, 7) is 1.36. The van der Waals surface area contributed by atoms with E-state index < -0.39 is 11.6 Å². The van der Waals surface area contributed by atoms with Gasteiger partial charge in [0.05, 0.1) is 0 Å². The summed E-state index contributed by atoms with van der Waals surface area (Å²) >= 11 is 0. The third-order valence-corrected chi connectivity index (χ3v) is 2.41. The van der Waals surface area contributed by atoms with Crippen LogP contribution in [-0.4, -0.2) is 21.8 Å². The molecule has 2 unspecified atom stereocenters. The lowest BCUT2D eigenvalue weighted by atomic mass is 9.82. The fraction of sp³-hybridized carbons (Fsp3) is 0.667. The van der Waals surface area contributed by atoms with Crippen LogP contribution in [0.3, 0.4) is 0 Å². The van der Waals surface area contributed by atoms with Crippen LogP contribution in [0.4, 0.5) is 0 Å². The number of aliphatic carboxylic acids is 1. The topological polar surface area (TPSA) is 57.5 Å². The maximum absolute atomic E-state index is 10.6. The average molecular weight is 170 g/mol. The Bertz CT molecular complexity index is 206. The lowest BCUT2D eigenvalue weighted by Gasteiger charge is -2.28. The van der Waals surface area contributed by atoms with E-state index in [1.54, 1.807) is 6.08 Å². The number of rotatable bonds is 2. The van der Waals surface area contributed by atoms with Gasteiger partial charge in [-0.2, -0.15) is 0 Å². The fourth-order valence-electron chi connectivity index (χ4n) is 1.44. The zero-order chi connectivity index (χ0) is 9.19. The molecule has 3 nitrogen and oxygen atoms in total. The van der Waals surface area contributed by atoms with Crippen LogP contribution in [-0.2, 0) is 4.79 Å². The predicted molar refractivity (Wildman–Crippen MR) is 44.7 cm³/mol. The molecule has 2 N–H and O–H groups in total. The highest BCUT2D eigenvalue weighted by Crippen LogP contribution is 2.27. The summed E-state index contributed by atoms with van der Waals surface area (Å²) in [5, 5.41) is 18.3. The molecule has 0 spiro atoms. The first kappa shape index (κ1) is 9.26. The van der Waals surface area contributed by atoms with Gasteiger partial charge < -0.3 is 10.2 Å². The van der Waals surface area contributed by atoms with E-state index in [1.807, 2.05) is 6.08 Å². The Morgan fingerprint density at radius 1 is 1.67 bits per heavy atom. The maximum Gasteiger partial charge on any atom is 0.336 e. The molecule has 0 fully saturated rings. The van der Waals surface area contributed by atoms with Crippen molar-refractivity contribution in [3.63, 3.8) is 0 Å². The van der Waals surface area contributed by atoms with E-state index in [0.29, 0.717) is 0 Å². The second-order valence-corrected chi connectivity index (χ2v) is 3.42. The van der Waals surface area contributed by atoms with E-state index in [-0.39, 0.29) is 5.92 Å². The van der Waals surface area contributed by atoms with E-state index in [1.165, 1.54) is 6.92 Å². The summed E-state index contributed by atoms with van der Waals surface area (Å²) in [6, 6.07) is 0. The van der Waals surface area contributed by atoms with Gasteiger partial charge in [0.1, 0.15) is 0 Å². The molecule has 1 rings (SSSR count). The Kier molecular flexibility index (Phi) is 2.52. The highest BCUT2D eigenvalue weighted by molar-refractivity contribution is 5.77. The summed E-state index contributed by atoms with van der Waals surface area (Å²) in [7, 11) is 0. The van der Waals surface area contributed by atoms with E-state index in [4.69, 9.17) is 5.11 Å². The Hall–Kier alpha value is -0.830. The summed E-state index contributed by atoms with van der Waals surface area (Å²) in [5.41, 5.74) is -1.60. The van der Waals surface area contributed by atoms with Gasteiger partial charge in [0, 0.05) is 5.92 Å². The monoisotopic (exact) mass is 170 g/mol. The molecule has 0 aliphatic heterocycles. The number of hydrogen-bond donors (Lipinski definition) is 2. The number of aliphatic hydroxyl groups is 1. The van der Waals surface area contributed by atoms with Gasteiger partial charge in [0.15, 0.2) is 5.60 Å². The van der Waals surface area contributed by atoms with E-state index >= 15 is 0 Å². The molecule has 3 heteroatoms. The molecule has 0 aromatic carbocycles. The van der Waals surface area contributed by atoms with Crippen molar-refractivity contribution in [2.24, 2.45) is 5.92 Å². The molecule has 1 aliphatic rings. The molecule has 0 radical (unpaired) electrons. The molecule has 12 heavy (non-hydrogen) atoms. The van der Waals surface area contributed by atoms with Crippen LogP contribution in [0.25, 0.3) is 0 Å². The standard InChI is InChI=1S/C9H14O3/c1-9(12,8(10)11)7-5-3-2-4-6-7/h3,5,7,12H,2,4,6H2,1H3,(H,10,11). The van der Waals surface area contributed by atoms with Gasteiger partial charge in [0.2, 0.25) is 0 Å². The van der Waals surface area contributed by atoms with Crippen molar-refractivity contribution in [1.82, 2.24) is 0 Å². The van der Waals surface area contributed by atoms with Crippen molar-refractivity contribution < 1.29 is 15.0 Å². The Balaban J connectivity index is 2.73. The van der Waals surface area contributed by atoms with Gasteiger partial charge in [0.25, 0.3) is 0 Å². The highest BCUT2D eigenvalue weighted by Gasteiger charge is 2.37. The molecule has 68 valence electrons. The van der Waals surface area contributed by atoms with E-state index in [9.17, 15) is 9.90 Å². The lowest BCUT2D eigenvalue weighted by Crippen LogP contribution is -2.42. The van der Waals surface area contributed by atoms with Crippen molar-refractivity contribution in [2.45, 2.75) is 31.8 Å². The maximum atomic E-state index is 10.6. The minimum Gasteiger partial charge on any atom is -0.479 e. The zero-order valence-electron chi connectivity index (χ0n) is 7.16. The Morgan fingerprint density at radius 3 is 2.75 bits per heavy atom. The predicted octanol–water partition coefficient (Wildman–Crippen LogP) is 1.18. The van der Waals surface area contributed by atoms with Crippen LogP contribution in [0.2, 0.25) is 0 Å². The first-order valence-corrected chi connectivity index (χ1v) is 4.17. The average Bonchev–Trinajstić information content (AvgIpc) is 2.06. The minimum absolute atomic E-state index is 0.233. The van der Waals surface area contributed by atoms with Crippen molar-refractivity contribution in [3.05, 3.63) is 12.2 Å². The van der Waals surface area contributed by atoms with Crippen LogP contribution < -0.4 is 0 Å². The van der Waals surface area contributed by atoms with Gasteiger partial charge in [-0.25, -0.2) is 4.79 Å². The van der Waals surface area contributed by atoms with Crippen LogP contribution in [0.5, 0.6) is 0 Å². The van der Waals surface area contributed by atoms with Crippen LogP contribution in [0.1, 0.15) is 26.2 Å². The first-order valence-electron chi connectivity index (χ1n) is 4.17. The number of carbonyl (C=O) groups is 1. The lowest BCUT2D eigenvalue weighted by molar-refractivity contribution is -0.160. The molecule has 0 heterocycles. The summed E-state index contributed by atoms with van der Waals surface area (Å²) in [6.07, 6.45) is 6.45. The number of allylic oxidation sites excluding steroid dienone is 1. The third-order valence-electron chi connectivity index (χ3n) is 2.41. The van der Waals surface area contributed by atoms with Crippen LogP contribution in [0, 0.1) is 5.92 Å². The smallest absolute Gasteiger partial charge is 0.336 e. The molecule has 0 aromatic rings. The number of carboxylic acid groups (broad SMARTS) is 1. The van der Waals surface area contributed by atoms with Gasteiger partial charge in [-0.05, 0) is 26.2 Å². The van der Waals surface area contributed by atoms with Gasteiger partial charge in [-0.1, -0.05) is 12.2 Å². The second kappa shape index (κ2) is 3.27. The summed E-state index contributed by atoms with van der Waals surface area (Å²) in [5.74, 6) is -1.37. The Labute approximate surface area is 71.7 Å². The molecule has 2 atom stereocenters. The van der Waals surface area contributed by atoms with E-state index in [0.717, 1.165) is 19.3 Å². The molecule has 0 bridgehead atoms. The molecule has 0 aromatic heterocycles. The molecule has 0 saturated heterocycles. The normalized spacial score (nSPS) is 28.0. The second-order valence-electron chi connectivity index (χ2n) is 3.42. The number of carboxylic acids is 1. The third kappa shape index (κ3) is 1.67. The molecule has 0 amide bonds. The number of hydrogen-bond acceptors (Lipinski definition) is 2. The van der Waals surface area contributed by atoms with Gasteiger partial charge in [-0.3, -0.25) is 0 Å². The van der Waals surface area contributed by atoms with E-state index in [2.05, 4.69) is 0 Å². The Morgan fingerprint density at radius 2 is 2.33 bits per heavy atom. The molecular formula is C9H14O3. The van der Waals surface area contributed by atoms with Crippen LogP contribution >= 0.6 is 0 Å². The summed E-state index contributed by atoms with van der Waals surface area (Å²) < 4.78 is 0. The first-order chi connectivity index (χ1) is 5.55. The van der Waals surface area contributed by atoms with Crippen molar-refractivity contribution in [3.8, 4) is 0 Å². The highest BCUT2D eigenvalue weighted by atomic mass is 16.4. The van der Waals surface area contributed by atoms with Gasteiger partial charge >= 0.3 is 5.97 Å². The zero-order valence-corrected chi connectivity index (χ0v) is 7.16. The quantitative estimate of drug-likeness (QED) is 0.612. The van der Waals surface area contributed by atoms with Crippen molar-refractivity contribution in [1.29, 1.82) is 0 Å². The van der Waals surface area contributed by atoms with Gasteiger partial charge in [-0.15, -0.1) is 0 Å². The summed E-state index contributed by atoms with van der Waals surface area (Å²) in [4.78, 5) is 10.6. The van der Waals surface area contributed by atoms with Crippen molar-refractivity contribution in [2.75, 3.05) is 0 Å². The van der Waals surface area contributed by atoms with Crippen LogP contribution in [0.15, 0.2) is 12.2 Å². The molecular weight excluding hydrogens is 156 g/mol. The SMILES string of the molecule is CC(O)(C(=O)O)C1C=CCCC1. The largest absolute Gasteiger partial charge is 0.479 e. The molecule has 1 aliphatic carbocycles.